The van der Waals surface area contributed by atoms with Gasteiger partial charge < -0.3 is 20.4 Å². The Kier molecular flexibility index (Phi) is 6.25. The molecule has 0 aliphatic carbocycles. The number of guanidine groups is 1. The average Bonchev–Trinajstić information content (AvgIpc) is 3.07. The minimum Gasteiger partial charge on any atom is -0.478 e. The third kappa shape index (κ3) is 4.97. The van der Waals surface area contributed by atoms with Gasteiger partial charge in [0, 0.05) is 49.5 Å². The molecule has 0 amide bonds. The van der Waals surface area contributed by atoms with Crippen LogP contribution in [0.25, 0.3) is 10.9 Å². The number of aromatic amines is 1. The molecule has 3 rings (SSSR count). The number of hydrogen-bond acceptors (Lipinski definition) is 3. The highest BCUT2D eigenvalue weighted by molar-refractivity contribution is 5.83. The zero-order chi connectivity index (χ0) is 19.1. The van der Waals surface area contributed by atoms with Crippen LogP contribution in [0.1, 0.15) is 18.1 Å². The summed E-state index contributed by atoms with van der Waals surface area (Å²) in [6, 6.07) is 8.66. The second kappa shape index (κ2) is 9.02. The van der Waals surface area contributed by atoms with Crippen LogP contribution in [0.4, 0.5) is 4.39 Å². The Bertz CT molecular complexity index is 922. The molecule has 0 saturated carbocycles. The largest absolute Gasteiger partial charge is 0.478 e. The summed E-state index contributed by atoms with van der Waals surface area (Å²) in [5.41, 5.74) is 3.02. The zero-order valence-electron chi connectivity index (χ0n) is 15.6. The number of benzene rings is 1. The summed E-state index contributed by atoms with van der Waals surface area (Å²) < 4.78 is 18.7. The first-order valence-corrected chi connectivity index (χ1v) is 8.97. The van der Waals surface area contributed by atoms with Crippen LogP contribution >= 0.6 is 0 Å². The first-order valence-electron chi connectivity index (χ1n) is 8.97. The van der Waals surface area contributed by atoms with Crippen molar-refractivity contribution in [2.45, 2.75) is 19.9 Å². The lowest BCUT2D eigenvalue weighted by Gasteiger charge is -2.12. The van der Waals surface area contributed by atoms with Crippen molar-refractivity contribution < 1.29 is 9.13 Å². The Labute approximate surface area is 157 Å². The van der Waals surface area contributed by atoms with Crippen LogP contribution in [0.5, 0.6) is 5.88 Å². The monoisotopic (exact) mass is 369 g/mol. The maximum absolute atomic E-state index is 13.3. The number of aromatic nitrogens is 2. The maximum Gasteiger partial charge on any atom is 0.213 e. The number of rotatable bonds is 7. The highest BCUT2D eigenvalue weighted by Crippen LogP contribution is 2.19. The van der Waals surface area contributed by atoms with E-state index in [4.69, 9.17) is 4.74 Å². The summed E-state index contributed by atoms with van der Waals surface area (Å²) in [4.78, 5) is 11.5. The van der Waals surface area contributed by atoms with Crippen molar-refractivity contribution >= 4 is 16.9 Å². The van der Waals surface area contributed by atoms with Crippen molar-refractivity contribution in [3.05, 3.63) is 59.7 Å². The first-order chi connectivity index (χ1) is 13.2. The summed E-state index contributed by atoms with van der Waals surface area (Å²) in [6.45, 7) is 3.86. The number of aliphatic imine (C=N–C) groups is 1. The van der Waals surface area contributed by atoms with Gasteiger partial charge in [-0.05, 0) is 48.7 Å². The normalized spacial score (nSPS) is 11.6. The molecule has 3 N–H and O–H groups in total. The average molecular weight is 369 g/mol. The lowest BCUT2D eigenvalue weighted by Crippen LogP contribution is -2.37. The van der Waals surface area contributed by atoms with Crippen molar-refractivity contribution in [2.75, 3.05) is 20.2 Å². The number of pyridine rings is 1. The molecule has 7 heteroatoms. The minimum absolute atomic E-state index is 0.234. The molecule has 0 radical (unpaired) electrons. The van der Waals surface area contributed by atoms with Gasteiger partial charge in [0.1, 0.15) is 5.82 Å². The van der Waals surface area contributed by atoms with E-state index in [0.29, 0.717) is 25.6 Å². The smallest absolute Gasteiger partial charge is 0.213 e. The van der Waals surface area contributed by atoms with Crippen molar-refractivity contribution in [1.29, 1.82) is 0 Å². The zero-order valence-corrected chi connectivity index (χ0v) is 15.6. The topological polar surface area (TPSA) is 74.3 Å². The predicted octanol–water partition coefficient (Wildman–Crippen LogP) is 3.01. The van der Waals surface area contributed by atoms with E-state index in [0.717, 1.165) is 34.4 Å². The molecule has 0 unspecified atom stereocenters. The van der Waals surface area contributed by atoms with Crippen LogP contribution in [0.2, 0.25) is 0 Å². The van der Waals surface area contributed by atoms with Crippen LogP contribution in [0, 0.1) is 5.82 Å². The van der Waals surface area contributed by atoms with Gasteiger partial charge in [0.25, 0.3) is 0 Å². The Morgan fingerprint density at radius 1 is 1.26 bits per heavy atom. The molecule has 0 fully saturated rings. The second-order valence-corrected chi connectivity index (χ2v) is 6.04. The Morgan fingerprint density at radius 2 is 2.15 bits per heavy atom. The Balaban J connectivity index is 1.51. The van der Waals surface area contributed by atoms with E-state index >= 15 is 0 Å². The van der Waals surface area contributed by atoms with Gasteiger partial charge in [-0.25, -0.2) is 9.37 Å². The number of fused-ring (bicyclic) bond motifs is 1. The summed E-state index contributed by atoms with van der Waals surface area (Å²) in [5.74, 6) is 1.11. The lowest BCUT2D eigenvalue weighted by atomic mass is 10.1. The molecule has 27 heavy (non-hydrogen) atoms. The van der Waals surface area contributed by atoms with E-state index in [-0.39, 0.29) is 5.82 Å². The fraction of sp³-hybridized carbons (Fsp3) is 0.300. The lowest BCUT2D eigenvalue weighted by molar-refractivity contribution is 0.326. The van der Waals surface area contributed by atoms with Crippen LogP contribution in [-0.4, -0.2) is 36.1 Å². The van der Waals surface area contributed by atoms with E-state index < -0.39 is 0 Å². The van der Waals surface area contributed by atoms with Gasteiger partial charge in [0.15, 0.2) is 5.96 Å². The molecule has 3 aromatic rings. The van der Waals surface area contributed by atoms with Crippen molar-refractivity contribution in [1.82, 2.24) is 20.6 Å². The number of nitrogens with one attached hydrogen (secondary N) is 3. The van der Waals surface area contributed by atoms with Gasteiger partial charge in [0.2, 0.25) is 5.88 Å². The van der Waals surface area contributed by atoms with E-state index in [1.54, 1.807) is 13.2 Å². The van der Waals surface area contributed by atoms with Gasteiger partial charge in [-0.15, -0.1) is 0 Å². The minimum atomic E-state index is -0.234. The quantitative estimate of drug-likeness (QED) is 0.442. The summed E-state index contributed by atoms with van der Waals surface area (Å²) in [7, 11) is 1.74. The number of ether oxygens (including phenoxy) is 1. The number of halogens is 1. The molecule has 0 aliphatic rings. The fourth-order valence-electron chi connectivity index (χ4n) is 2.87. The SMILES string of the molecule is CCOc1cc(CNC(=NC)NCCc2c[nH]c3cc(F)ccc23)ccn1. The summed E-state index contributed by atoms with van der Waals surface area (Å²) in [6.07, 6.45) is 4.46. The van der Waals surface area contributed by atoms with Gasteiger partial charge in [-0.2, -0.15) is 0 Å². The van der Waals surface area contributed by atoms with Crippen molar-refractivity contribution in [3.8, 4) is 5.88 Å². The molecule has 2 aromatic heterocycles. The number of hydrogen-bond donors (Lipinski definition) is 3. The first kappa shape index (κ1) is 18.7. The molecule has 2 heterocycles. The van der Waals surface area contributed by atoms with E-state index in [2.05, 4.69) is 25.6 Å². The maximum atomic E-state index is 13.3. The molecular weight excluding hydrogens is 345 g/mol. The van der Waals surface area contributed by atoms with Crippen LogP contribution < -0.4 is 15.4 Å². The third-order valence-electron chi connectivity index (χ3n) is 4.19. The van der Waals surface area contributed by atoms with Gasteiger partial charge >= 0.3 is 0 Å². The van der Waals surface area contributed by atoms with E-state index in [1.165, 1.54) is 12.1 Å². The van der Waals surface area contributed by atoms with Gasteiger partial charge in [-0.1, -0.05) is 0 Å². The molecule has 0 aliphatic heterocycles. The predicted molar refractivity (Wildman–Crippen MR) is 106 cm³/mol. The second-order valence-electron chi connectivity index (χ2n) is 6.04. The molecule has 6 nitrogen and oxygen atoms in total. The highest BCUT2D eigenvalue weighted by atomic mass is 19.1. The van der Waals surface area contributed by atoms with E-state index in [1.807, 2.05) is 31.3 Å². The summed E-state index contributed by atoms with van der Waals surface area (Å²) >= 11 is 0. The number of nitrogens with zero attached hydrogens (tertiary/aromatic N) is 2. The molecule has 0 bridgehead atoms. The fourth-order valence-corrected chi connectivity index (χ4v) is 2.87. The van der Waals surface area contributed by atoms with Crippen molar-refractivity contribution in [3.63, 3.8) is 0 Å². The molecule has 0 atom stereocenters. The van der Waals surface area contributed by atoms with Crippen molar-refractivity contribution in [2.24, 2.45) is 4.99 Å². The highest BCUT2D eigenvalue weighted by Gasteiger charge is 2.05. The van der Waals surface area contributed by atoms with E-state index in [9.17, 15) is 4.39 Å². The summed E-state index contributed by atoms with van der Waals surface area (Å²) in [5, 5.41) is 7.62. The van der Waals surface area contributed by atoms with Gasteiger partial charge in [0.05, 0.1) is 6.61 Å². The van der Waals surface area contributed by atoms with Crippen LogP contribution in [-0.2, 0) is 13.0 Å². The van der Waals surface area contributed by atoms with Gasteiger partial charge in [-0.3, -0.25) is 4.99 Å². The third-order valence-corrected chi connectivity index (χ3v) is 4.19. The van der Waals surface area contributed by atoms with Crippen LogP contribution in [0.3, 0.4) is 0 Å². The van der Waals surface area contributed by atoms with Crippen LogP contribution in [0.15, 0.2) is 47.7 Å². The molecule has 0 spiro atoms. The Hall–Kier alpha value is -3.09. The molecule has 142 valence electrons. The number of H-pyrrole nitrogens is 1. The standard InChI is InChI=1S/C20H24FN5O/c1-3-27-19-10-14(6-8-23-19)12-26-20(22-2)24-9-7-15-13-25-18-11-16(21)4-5-17(15)18/h4-6,8,10-11,13,25H,3,7,9,12H2,1-2H3,(H2,22,24,26). The molecule has 1 aromatic carbocycles. The molecule has 0 saturated heterocycles. The Morgan fingerprint density at radius 3 is 2.96 bits per heavy atom. The molecular formula is C20H24FN5O.